The van der Waals surface area contributed by atoms with Gasteiger partial charge in [0.2, 0.25) is 0 Å². The van der Waals surface area contributed by atoms with Gasteiger partial charge >= 0.3 is 0 Å². The highest BCUT2D eigenvalue weighted by atomic mass is 32.1. The molecular formula is C22H20N2O2S. The van der Waals surface area contributed by atoms with E-state index >= 15 is 0 Å². The SMILES string of the molecule is Cc1ccc(C(=O)NC(=Cc2cccs2)C(=O)Nc2cccc(C)c2)cc1. The van der Waals surface area contributed by atoms with Gasteiger partial charge in [-0.05, 0) is 61.2 Å². The fraction of sp³-hybridized carbons (Fsp3) is 0.0909. The molecule has 1 heterocycles. The van der Waals surface area contributed by atoms with Crippen molar-refractivity contribution >= 4 is 34.9 Å². The van der Waals surface area contributed by atoms with E-state index in [2.05, 4.69) is 10.6 Å². The van der Waals surface area contributed by atoms with Crippen LogP contribution in [0.4, 0.5) is 5.69 Å². The van der Waals surface area contributed by atoms with Crippen LogP contribution in [0.15, 0.2) is 71.7 Å². The summed E-state index contributed by atoms with van der Waals surface area (Å²) in [6.45, 7) is 3.91. The summed E-state index contributed by atoms with van der Waals surface area (Å²) in [5.74, 6) is -0.688. The zero-order valence-electron chi connectivity index (χ0n) is 15.2. The predicted molar refractivity (Wildman–Crippen MR) is 111 cm³/mol. The van der Waals surface area contributed by atoms with Crippen molar-refractivity contribution in [2.24, 2.45) is 0 Å². The van der Waals surface area contributed by atoms with Gasteiger partial charge in [0.15, 0.2) is 0 Å². The molecule has 0 unspecified atom stereocenters. The van der Waals surface area contributed by atoms with Crippen LogP contribution in [0.2, 0.25) is 0 Å². The van der Waals surface area contributed by atoms with Crippen LogP contribution in [-0.2, 0) is 4.79 Å². The van der Waals surface area contributed by atoms with Crippen LogP contribution in [0.25, 0.3) is 6.08 Å². The molecule has 0 fully saturated rings. The van der Waals surface area contributed by atoms with Crippen LogP contribution >= 0.6 is 11.3 Å². The lowest BCUT2D eigenvalue weighted by atomic mass is 10.1. The van der Waals surface area contributed by atoms with E-state index in [4.69, 9.17) is 0 Å². The summed E-state index contributed by atoms with van der Waals surface area (Å²) >= 11 is 1.49. The molecule has 0 atom stereocenters. The lowest BCUT2D eigenvalue weighted by molar-refractivity contribution is -0.113. The molecular weight excluding hydrogens is 356 g/mol. The lowest BCUT2D eigenvalue weighted by Gasteiger charge is -2.11. The second-order valence-electron chi connectivity index (χ2n) is 6.22. The van der Waals surface area contributed by atoms with Crippen molar-refractivity contribution in [3.05, 3.63) is 93.3 Å². The van der Waals surface area contributed by atoms with E-state index in [1.807, 2.05) is 67.8 Å². The number of nitrogens with one attached hydrogen (secondary N) is 2. The highest BCUT2D eigenvalue weighted by Gasteiger charge is 2.15. The Balaban J connectivity index is 1.83. The monoisotopic (exact) mass is 376 g/mol. The van der Waals surface area contributed by atoms with Gasteiger partial charge in [-0.15, -0.1) is 11.3 Å². The zero-order chi connectivity index (χ0) is 19.2. The number of carbonyl (C=O) groups excluding carboxylic acids is 2. The average Bonchev–Trinajstić information content (AvgIpc) is 3.15. The normalized spacial score (nSPS) is 11.1. The Morgan fingerprint density at radius 3 is 2.37 bits per heavy atom. The quantitative estimate of drug-likeness (QED) is 0.630. The molecule has 136 valence electrons. The van der Waals surface area contributed by atoms with Crippen molar-refractivity contribution < 1.29 is 9.59 Å². The van der Waals surface area contributed by atoms with E-state index < -0.39 is 0 Å². The highest BCUT2D eigenvalue weighted by molar-refractivity contribution is 7.10. The number of hydrogen-bond donors (Lipinski definition) is 2. The third-order valence-electron chi connectivity index (χ3n) is 3.91. The molecule has 3 aromatic rings. The molecule has 0 saturated carbocycles. The van der Waals surface area contributed by atoms with Crippen LogP contribution in [0.1, 0.15) is 26.4 Å². The molecule has 0 aliphatic rings. The number of benzene rings is 2. The second-order valence-corrected chi connectivity index (χ2v) is 7.20. The van der Waals surface area contributed by atoms with Gasteiger partial charge in [-0.3, -0.25) is 9.59 Å². The molecule has 0 aliphatic carbocycles. The zero-order valence-corrected chi connectivity index (χ0v) is 16.0. The van der Waals surface area contributed by atoms with Crippen LogP contribution in [0.5, 0.6) is 0 Å². The van der Waals surface area contributed by atoms with Crippen LogP contribution in [0, 0.1) is 13.8 Å². The fourth-order valence-electron chi connectivity index (χ4n) is 2.49. The third kappa shape index (κ3) is 5.15. The number of anilines is 1. The first-order chi connectivity index (χ1) is 13.0. The van der Waals surface area contributed by atoms with Crippen molar-refractivity contribution in [1.82, 2.24) is 5.32 Å². The highest BCUT2D eigenvalue weighted by Crippen LogP contribution is 2.16. The molecule has 2 N–H and O–H groups in total. The van der Waals surface area contributed by atoms with Crippen LogP contribution < -0.4 is 10.6 Å². The molecule has 0 aliphatic heterocycles. The van der Waals surface area contributed by atoms with Gasteiger partial charge in [0.25, 0.3) is 11.8 Å². The van der Waals surface area contributed by atoms with Gasteiger partial charge in [0.1, 0.15) is 5.70 Å². The van der Waals surface area contributed by atoms with Gasteiger partial charge < -0.3 is 10.6 Å². The Bertz CT molecular complexity index is 974. The molecule has 2 amide bonds. The molecule has 4 nitrogen and oxygen atoms in total. The van der Waals surface area contributed by atoms with Crippen molar-refractivity contribution in [2.75, 3.05) is 5.32 Å². The van der Waals surface area contributed by atoms with E-state index in [1.165, 1.54) is 11.3 Å². The minimum atomic E-state index is -0.366. The molecule has 5 heteroatoms. The number of thiophene rings is 1. The van der Waals surface area contributed by atoms with Gasteiger partial charge in [0, 0.05) is 16.1 Å². The van der Waals surface area contributed by atoms with E-state index in [0.717, 1.165) is 16.0 Å². The molecule has 27 heavy (non-hydrogen) atoms. The third-order valence-corrected chi connectivity index (χ3v) is 4.73. The molecule has 3 rings (SSSR count). The summed E-state index contributed by atoms with van der Waals surface area (Å²) in [7, 11) is 0. The van der Waals surface area contributed by atoms with Crippen molar-refractivity contribution in [1.29, 1.82) is 0 Å². The van der Waals surface area contributed by atoms with Crippen molar-refractivity contribution in [3.8, 4) is 0 Å². The Labute approximate surface area is 162 Å². The Kier molecular flexibility index (Phi) is 5.84. The minimum Gasteiger partial charge on any atom is -0.321 e. The summed E-state index contributed by atoms with van der Waals surface area (Å²) in [5, 5.41) is 7.51. The summed E-state index contributed by atoms with van der Waals surface area (Å²) in [6.07, 6.45) is 1.68. The minimum absolute atomic E-state index is 0.199. The van der Waals surface area contributed by atoms with Gasteiger partial charge in [0.05, 0.1) is 0 Å². The Hall–Kier alpha value is -3.18. The van der Waals surface area contributed by atoms with E-state index in [9.17, 15) is 9.59 Å². The first-order valence-electron chi connectivity index (χ1n) is 8.52. The molecule has 0 bridgehead atoms. The van der Waals surface area contributed by atoms with Gasteiger partial charge in [-0.1, -0.05) is 35.9 Å². The second kappa shape index (κ2) is 8.47. The lowest BCUT2D eigenvalue weighted by Crippen LogP contribution is -2.30. The first kappa shape index (κ1) is 18.6. The maximum atomic E-state index is 12.8. The molecule has 0 saturated heterocycles. The Morgan fingerprint density at radius 2 is 1.70 bits per heavy atom. The van der Waals surface area contributed by atoms with E-state index in [-0.39, 0.29) is 17.5 Å². The fourth-order valence-corrected chi connectivity index (χ4v) is 3.15. The first-order valence-corrected chi connectivity index (χ1v) is 9.40. The van der Waals surface area contributed by atoms with Crippen molar-refractivity contribution in [3.63, 3.8) is 0 Å². The summed E-state index contributed by atoms with van der Waals surface area (Å²) in [6, 6.07) is 18.5. The summed E-state index contributed by atoms with van der Waals surface area (Å²) in [5.41, 5.74) is 3.49. The topological polar surface area (TPSA) is 58.2 Å². The number of carbonyl (C=O) groups is 2. The number of hydrogen-bond acceptors (Lipinski definition) is 3. The van der Waals surface area contributed by atoms with Crippen LogP contribution in [0.3, 0.4) is 0 Å². The number of aryl methyl sites for hydroxylation is 2. The standard InChI is InChI=1S/C22H20N2O2S/c1-15-8-10-17(11-9-15)21(25)24-20(14-19-7-4-12-27-19)22(26)23-18-6-3-5-16(2)13-18/h3-14H,1-2H3,(H,23,26)(H,24,25). The molecule has 0 spiro atoms. The Morgan fingerprint density at radius 1 is 0.926 bits per heavy atom. The number of rotatable bonds is 5. The predicted octanol–water partition coefficient (Wildman–Crippen LogP) is 4.77. The largest absolute Gasteiger partial charge is 0.321 e. The van der Waals surface area contributed by atoms with Gasteiger partial charge in [-0.25, -0.2) is 0 Å². The maximum Gasteiger partial charge on any atom is 0.272 e. The van der Waals surface area contributed by atoms with E-state index in [1.54, 1.807) is 18.2 Å². The van der Waals surface area contributed by atoms with Crippen LogP contribution in [-0.4, -0.2) is 11.8 Å². The van der Waals surface area contributed by atoms with E-state index in [0.29, 0.717) is 11.3 Å². The average molecular weight is 376 g/mol. The molecule has 1 aromatic heterocycles. The molecule has 2 aromatic carbocycles. The van der Waals surface area contributed by atoms with Crippen molar-refractivity contribution in [2.45, 2.75) is 13.8 Å². The molecule has 0 radical (unpaired) electrons. The van der Waals surface area contributed by atoms with Gasteiger partial charge in [-0.2, -0.15) is 0 Å². The number of amides is 2. The smallest absolute Gasteiger partial charge is 0.272 e. The summed E-state index contributed by atoms with van der Waals surface area (Å²) in [4.78, 5) is 26.2. The summed E-state index contributed by atoms with van der Waals surface area (Å²) < 4.78 is 0. The maximum absolute atomic E-state index is 12.8.